The average Bonchev–Trinajstić information content (AvgIpc) is 2.42. The monoisotopic (exact) mass is 319 g/mol. The molecule has 8 heteroatoms. The Morgan fingerprint density at radius 2 is 1.77 bits per heavy atom. The van der Waals surface area contributed by atoms with Gasteiger partial charge in [-0.05, 0) is 30.5 Å². The van der Waals surface area contributed by atoms with Crippen LogP contribution in [0.4, 0.5) is 13.2 Å². The van der Waals surface area contributed by atoms with Crippen molar-refractivity contribution in [3.8, 4) is 5.75 Å². The first-order valence-corrected chi connectivity index (χ1v) is 6.71. The van der Waals surface area contributed by atoms with E-state index in [0.29, 0.717) is 19.6 Å². The first-order valence-electron chi connectivity index (χ1n) is 6.71. The number of hydrogen-bond acceptors (Lipinski definition) is 4. The fraction of sp³-hybridized carbons (Fsp3) is 0.500. The third kappa shape index (κ3) is 4.35. The summed E-state index contributed by atoms with van der Waals surface area (Å²) in [5, 5.41) is 18.8. The molecule has 0 saturated carbocycles. The lowest BCUT2D eigenvalue weighted by atomic mass is 9.91. The lowest BCUT2D eigenvalue weighted by molar-refractivity contribution is -0.274. The molecule has 2 N–H and O–H groups in total. The van der Waals surface area contributed by atoms with E-state index in [0.717, 1.165) is 5.56 Å². The minimum Gasteiger partial charge on any atom is -0.479 e. The summed E-state index contributed by atoms with van der Waals surface area (Å²) in [6.07, 6.45) is -4.47. The Morgan fingerprint density at radius 3 is 2.23 bits per heavy atom. The topological polar surface area (TPSA) is 70.0 Å². The Kier molecular flexibility index (Phi) is 4.62. The Labute approximate surface area is 124 Å². The minimum absolute atomic E-state index is 0.123. The van der Waals surface area contributed by atoms with Gasteiger partial charge in [-0.3, -0.25) is 4.90 Å². The molecular formula is C14H16F3NO4. The van der Waals surface area contributed by atoms with Crippen LogP contribution in [0.2, 0.25) is 0 Å². The smallest absolute Gasteiger partial charge is 0.479 e. The summed E-state index contributed by atoms with van der Waals surface area (Å²) in [4.78, 5) is 12.9. The molecule has 0 atom stereocenters. The molecule has 0 unspecified atom stereocenters. The van der Waals surface area contributed by atoms with Crippen molar-refractivity contribution < 1.29 is 32.9 Å². The summed E-state index contributed by atoms with van der Waals surface area (Å²) < 4.78 is 39.9. The normalized spacial score (nSPS) is 18.9. The number of hydrogen-bond donors (Lipinski definition) is 2. The molecule has 0 amide bonds. The molecule has 1 heterocycles. The number of carboxylic acids is 1. The molecule has 1 aromatic carbocycles. The van der Waals surface area contributed by atoms with Gasteiger partial charge in [0.2, 0.25) is 0 Å². The molecular weight excluding hydrogens is 303 g/mol. The van der Waals surface area contributed by atoms with Crippen LogP contribution >= 0.6 is 0 Å². The predicted octanol–water partition coefficient (Wildman–Crippen LogP) is 2.00. The highest BCUT2D eigenvalue weighted by Gasteiger charge is 2.39. The SMILES string of the molecule is O=C(O)C1(O)CCN(Cc2ccc(OC(F)(F)F)cc2)CC1. The molecule has 0 aromatic heterocycles. The van der Waals surface area contributed by atoms with Crippen molar-refractivity contribution in [2.45, 2.75) is 31.3 Å². The molecule has 1 aliphatic heterocycles. The van der Waals surface area contributed by atoms with E-state index >= 15 is 0 Å². The molecule has 1 saturated heterocycles. The maximum absolute atomic E-state index is 12.1. The number of halogens is 3. The van der Waals surface area contributed by atoms with E-state index in [2.05, 4.69) is 4.74 Å². The van der Waals surface area contributed by atoms with Crippen molar-refractivity contribution in [1.82, 2.24) is 4.90 Å². The number of piperidine rings is 1. The number of benzene rings is 1. The molecule has 5 nitrogen and oxygen atoms in total. The number of rotatable bonds is 4. The van der Waals surface area contributed by atoms with Crippen LogP contribution in [0.3, 0.4) is 0 Å². The Hall–Kier alpha value is -1.80. The molecule has 0 spiro atoms. The maximum Gasteiger partial charge on any atom is 0.573 e. The van der Waals surface area contributed by atoms with Gasteiger partial charge < -0.3 is 14.9 Å². The maximum atomic E-state index is 12.1. The van der Waals surface area contributed by atoms with Gasteiger partial charge in [-0.25, -0.2) is 4.79 Å². The van der Waals surface area contributed by atoms with Gasteiger partial charge >= 0.3 is 12.3 Å². The second-order valence-electron chi connectivity index (χ2n) is 5.30. The first-order chi connectivity index (χ1) is 10.2. The predicted molar refractivity (Wildman–Crippen MR) is 70.2 cm³/mol. The highest BCUT2D eigenvalue weighted by atomic mass is 19.4. The summed E-state index contributed by atoms with van der Waals surface area (Å²) >= 11 is 0. The van der Waals surface area contributed by atoms with Crippen LogP contribution < -0.4 is 4.74 Å². The molecule has 1 aliphatic rings. The number of ether oxygens (including phenoxy) is 1. The Morgan fingerprint density at radius 1 is 1.23 bits per heavy atom. The highest BCUT2D eigenvalue weighted by molar-refractivity contribution is 5.77. The molecule has 2 rings (SSSR count). The number of aliphatic hydroxyl groups is 1. The van der Waals surface area contributed by atoms with Crippen LogP contribution in [0.5, 0.6) is 5.75 Å². The summed E-state index contributed by atoms with van der Waals surface area (Å²) in [5.41, 5.74) is -0.892. The zero-order valence-corrected chi connectivity index (χ0v) is 11.6. The van der Waals surface area contributed by atoms with Crippen molar-refractivity contribution in [2.24, 2.45) is 0 Å². The van der Waals surface area contributed by atoms with Gasteiger partial charge in [0, 0.05) is 19.6 Å². The van der Waals surface area contributed by atoms with E-state index in [-0.39, 0.29) is 18.6 Å². The van der Waals surface area contributed by atoms with E-state index < -0.39 is 17.9 Å². The summed E-state index contributed by atoms with van der Waals surface area (Å²) in [6.45, 7) is 1.29. The van der Waals surface area contributed by atoms with Crippen molar-refractivity contribution in [3.63, 3.8) is 0 Å². The second-order valence-corrected chi connectivity index (χ2v) is 5.30. The van der Waals surface area contributed by atoms with Gasteiger partial charge in [-0.1, -0.05) is 12.1 Å². The average molecular weight is 319 g/mol. The van der Waals surface area contributed by atoms with Crippen LogP contribution in [-0.4, -0.2) is 46.1 Å². The lowest BCUT2D eigenvalue weighted by Gasteiger charge is -2.35. The molecule has 1 fully saturated rings. The van der Waals surface area contributed by atoms with E-state index in [1.54, 1.807) is 0 Å². The van der Waals surface area contributed by atoms with E-state index in [4.69, 9.17) is 5.11 Å². The van der Waals surface area contributed by atoms with Gasteiger partial charge in [-0.15, -0.1) is 13.2 Å². The number of nitrogens with zero attached hydrogens (tertiary/aromatic N) is 1. The van der Waals surface area contributed by atoms with Crippen LogP contribution in [-0.2, 0) is 11.3 Å². The van der Waals surface area contributed by atoms with Gasteiger partial charge in [0.1, 0.15) is 5.75 Å². The second kappa shape index (κ2) is 6.13. The van der Waals surface area contributed by atoms with Crippen molar-refractivity contribution in [3.05, 3.63) is 29.8 Å². The van der Waals surface area contributed by atoms with Crippen LogP contribution in [0.1, 0.15) is 18.4 Å². The number of alkyl halides is 3. The standard InChI is InChI=1S/C14H16F3NO4/c15-14(16,17)22-11-3-1-10(2-4-11)9-18-7-5-13(21,6-8-18)12(19)20/h1-4,21H,5-9H2,(H,19,20). The quantitative estimate of drug-likeness (QED) is 0.888. The van der Waals surface area contributed by atoms with Gasteiger partial charge in [-0.2, -0.15) is 0 Å². The van der Waals surface area contributed by atoms with Crippen LogP contribution in [0.15, 0.2) is 24.3 Å². The highest BCUT2D eigenvalue weighted by Crippen LogP contribution is 2.25. The van der Waals surface area contributed by atoms with Crippen LogP contribution in [0, 0.1) is 0 Å². The molecule has 0 bridgehead atoms. The number of carboxylic acid groups (broad SMARTS) is 1. The molecule has 1 aromatic rings. The van der Waals surface area contributed by atoms with Gasteiger partial charge in [0.25, 0.3) is 0 Å². The number of likely N-dealkylation sites (tertiary alicyclic amines) is 1. The zero-order chi connectivity index (χ0) is 16.4. The van der Waals surface area contributed by atoms with E-state index in [9.17, 15) is 23.1 Å². The van der Waals surface area contributed by atoms with E-state index in [1.807, 2.05) is 4.90 Å². The van der Waals surface area contributed by atoms with Crippen LogP contribution in [0.25, 0.3) is 0 Å². The molecule has 22 heavy (non-hydrogen) atoms. The summed E-state index contributed by atoms with van der Waals surface area (Å²) in [7, 11) is 0. The number of aliphatic carboxylic acids is 1. The largest absolute Gasteiger partial charge is 0.573 e. The molecule has 0 radical (unpaired) electrons. The zero-order valence-electron chi connectivity index (χ0n) is 11.6. The van der Waals surface area contributed by atoms with E-state index in [1.165, 1.54) is 24.3 Å². The number of carbonyl (C=O) groups is 1. The van der Waals surface area contributed by atoms with Gasteiger partial charge in [0.05, 0.1) is 0 Å². The molecule has 122 valence electrons. The van der Waals surface area contributed by atoms with Crippen molar-refractivity contribution in [1.29, 1.82) is 0 Å². The molecule has 0 aliphatic carbocycles. The third-order valence-corrected chi connectivity index (χ3v) is 3.64. The van der Waals surface area contributed by atoms with Crippen molar-refractivity contribution in [2.75, 3.05) is 13.1 Å². The fourth-order valence-electron chi connectivity index (χ4n) is 2.35. The van der Waals surface area contributed by atoms with Crippen molar-refractivity contribution >= 4 is 5.97 Å². The third-order valence-electron chi connectivity index (χ3n) is 3.64. The minimum atomic E-state index is -4.71. The Bertz CT molecular complexity index is 522. The lowest BCUT2D eigenvalue weighted by Crippen LogP contribution is -2.49. The Balaban J connectivity index is 1.89. The van der Waals surface area contributed by atoms with Gasteiger partial charge in [0.15, 0.2) is 5.60 Å². The summed E-state index contributed by atoms with van der Waals surface area (Å²) in [5.74, 6) is -1.50. The fourth-order valence-corrected chi connectivity index (χ4v) is 2.35. The first kappa shape index (κ1) is 16.6. The summed E-state index contributed by atoms with van der Waals surface area (Å²) in [6, 6.07) is 5.53.